The van der Waals surface area contributed by atoms with E-state index < -0.39 is 11.9 Å². The summed E-state index contributed by atoms with van der Waals surface area (Å²) in [7, 11) is 0. The number of anilines is 2. The van der Waals surface area contributed by atoms with Crippen LogP contribution in [0.5, 0.6) is 0 Å². The van der Waals surface area contributed by atoms with Crippen molar-refractivity contribution in [1.29, 1.82) is 0 Å². The summed E-state index contributed by atoms with van der Waals surface area (Å²) in [5.74, 6) is -0.807. The number of benzene rings is 2. The molecule has 2 aromatic carbocycles. The predicted octanol–water partition coefficient (Wildman–Crippen LogP) is 5.40. The zero-order chi connectivity index (χ0) is 23.7. The molecule has 0 radical (unpaired) electrons. The van der Waals surface area contributed by atoms with Gasteiger partial charge in [0, 0.05) is 37.6 Å². The van der Waals surface area contributed by atoms with Gasteiger partial charge in [0.1, 0.15) is 0 Å². The zero-order valence-corrected chi connectivity index (χ0v) is 20.2. The number of ether oxygens (including phenoxy) is 2. The summed E-state index contributed by atoms with van der Waals surface area (Å²) < 4.78 is 10.7. The average molecular weight is 441 g/mol. The van der Waals surface area contributed by atoms with Crippen LogP contribution in [0.3, 0.4) is 0 Å². The highest BCUT2D eigenvalue weighted by Gasteiger charge is 2.22. The van der Waals surface area contributed by atoms with Gasteiger partial charge in [-0.3, -0.25) is 0 Å². The van der Waals surface area contributed by atoms with Gasteiger partial charge in [-0.1, -0.05) is 12.1 Å². The molecule has 0 N–H and O–H groups in total. The lowest BCUT2D eigenvalue weighted by atomic mass is 9.94. The largest absolute Gasteiger partial charge is 0.462 e. The van der Waals surface area contributed by atoms with Crippen molar-refractivity contribution in [1.82, 2.24) is 0 Å². The molecule has 0 fully saturated rings. The lowest BCUT2D eigenvalue weighted by Gasteiger charge is -2.24. The molecule has 0 aromatic heterocycles. The monoisotopic (exact) mass is 440 g/mol. The van der Waals surface area contributed by atoms with Gasteiger partial charge in [0.05, 0.1) is 24.3 Å². The first-order valence-corrected chi connectivity index (χ1v) is 11.6. The molecule has 0 saturated heterocycles. The van der Waals surface area contributed by atoms with Gasteiger partial charge in [-0.25, -0.2) is 9.59 Å². The quantitative estimate of drug-likeness (QED) is 0.436. The molecule has 2 rings (SSSR count). The van der Waals surface area contributed by atoms with E-state index in [-0.39, 0.29) is 13.2 Å². The van der Waals surface area contributed by atoms with E-state index in [0.29, 0.717) is 22.3 Å². The predicted molar refractivity (Wildman–Crippen MR) is 131 cm³/mol. The lowest BCUT2D eigenvalue weighted by molar-refractivity contribution is 0.0515. The maximum Gasteiger partial charge on any atom is 0.338 e. The fourth-order valence-corrected chi connectivity index (χ4v) is 3.86. The Morgan fingerprint density at radius 3 is 1.25 bits per heavy atom. The van der Waals surface area contributed by atoms with Crippen molar-refractivity contribution in [3.63, 3.8) is 0 Å². The summed E-state index contributed by atoms with van der Waals surface area (Å²) in [5, 5.41) is 0. The molecule has 0 aliphatic heterocycles. The standard InChI is InChI=1S/C26H36N2O4/c1-7-27(8-2)19-13-15-21(23(17-19)25(29)31-11-5)22-16-14-20(28(9-3)10-4)18-24(22)26(30)32-12-6/h13-18H,7-12H2,1-6H3. The molecule has 0 unspecified atom stereocenters. The summed E-state index contributed by atoms with van der Waals surface area (Å²) in [6.07, 6.45) is 0. The average Bonchev–Trinajstić information content (AvgIpc) is 2.81. The molecule has 0 amide bonds. The minimum atomic E-state index is -0.404. The molecule has 6 nitrogen and oxygen atoms in total. The van der Waals surface area contributed by atoms with Crippen LogP contribution in [0.2, 0.25) is 0 Å². The first-order chi connectivity index (χ1) is 15.4. The van der Waals surface area contributed by atoms with Gasteiger partial charge in [-0.2, -0.15) is 0 Å². The zero-order valence-electron chi connectivity index (χ0n) is 20.2. The van der Waals surface area contributed by atoms with Crippen LogP contribution in [0.4, 0.5) is 11.4 Å². The summed E-state index contributed by atoms with van der Waals surface area (Å²) in [5.41, 5.74) is 4.09. The highest BCUT2D eigenvalue weighted by atomic mass is 16.5. The van der Waals surface area contributed by atoms with Gasteiger partial charge in [-0.05, 0) is 76.9 Å². The Labute approximate surface area is 192 Å². The number of hydrogen-bond acceptors (Lipinski definition) is 6. The molecule has 0 aliphatic rings. The van der Waals surface area contributed by atoms with Crippen LogP contribution in [0.25, 0.3) is 11.1 Å². The highest BCUT2D eigenvalue weighted by Crippen LogP contribution is 2.34. The molecule has 0 bridgehead atoms. The minimum absolute atomic E-state index is 0.277. The van der Waals surface area contributed by atoms with E-state index in [4.69, 9.17) is 9.47 Å². The highest BCUT2D eigenvalue weighted by molar-refractivity contribution is 6.04. The number of rotatable bonds is 11. The molecular formula is C26H36N2O4. The van der Waals surface area contributed by atoms with Crippen LogP contribution < -0.4 is 9.80 Å². The lowest BCUT2D eigenvalue weighted by Crippen LogP contribution is -2.23. The van der Waals surface area contributed by atoms with Crippen molar-refractivity contribution in [3.05, 3.63) is 47.5 Å². The fraction of sp³-hybridized carbons (Fsp3) is 0.462. The Balaban J connectivity index is 2.73. The van der Waals surface area contributed by atoms with Crippen LogP contribution in [0.1, 0.15) is 62.3 Å². The smallest absolute Gasteiger partial charge is 0.338 e. The SMILES string of the molecule is CCOC(=O)c1cc(N(CC)CC)ccc1-c1ccc(N(CC)CC)cc1C(=O)OCC. The van der Waals surface area contributed by atoms with E-state index in [1.807, 2.05) is 36.4 Å². The number of esters is 2. The molecule has 2 aromatic rings. The van der Waals surface area contributed by atoms with E-state index >= 15 is 0 Å². The van der Waals surface area contributed by atoms with Crippen LogP contribution in [0, 0.1) is 0 Å². The van der Waals surface area contributed by atoms with Gasteiger partial charge in [-0.15, -0.1) is 0 Å². The molecule has 0 aliphatic carbocycles. The molecule has 0 saturated carbocycles. The molecule has 174 valence electrons. The summed E-state index contributed by atoms with van der Waals surface area (Å²) in [6.45, 7) is 15.7. The third kappa shape index (κ3) is 5.61. The van der Waals surface area contributed by atoms with Crippen molar-refractivity contribution in [2.24, 2.45) is 0 Å². The van der Waals surface area contributed by atoms with Crippen molar-refractivity contribution in [3.8, 4) is 11.1 Å². The Hall–Kier alpha value is -3.02. The maximum atomic E-state index is 12.9. The van der Waals surface area contributed by atoms with Crippen LogP contribution in [-0.2, 0) is 9.47 Å². The number of carbonyl (C=O) groups excluding carboxylic acids is 2. The van der Waals surface area contributed by atoms with Crippen molar-refractivity contribution in [2.75, 3.05) is 49.2 Å². The second-order valence-electron chi connectivity index (χ2n) is 7.25. The Morgan fingerprint density at radius 1 is 0.625 bits per heavy atom. The van der Waals surface area contributed by atoms with Gasteiger partial charge in [0.2, 0.25) is 0 Å². The van der Waals surface area contributed by atoms with Gasteiger partial charge in [0.25, 0.3) is 0 Å². The molecule has 0 atom stereocenters. The second kappa shape index (κ2) is 12.1. The first kappa shape index (κ1) is 25.2. The number of hydrogen-bond donors (Lipinski definition) is 0. The fourth-order valence-electron chi connectivity index (χ4n) is 3.86. The Bertz CT molecular complexity index is 843. The second-order valence-corrected chi connectivity index (χ2v) is 7.25. The Kier molecular flexibility index (Phi) is 9.57. The van der Waals surface area contributed by atoms with Crippen LogP contribution >= 0.6 is 0 Å². The van der Waals surface area contributed by atoms with E-state index in [2.05, 4.69) is 37.5 Å². The molecule has 32 heavy (non-hydrogen) atoms. The summed E-state index contributed by atoms with van der Waals surface area (Å²) in [6, 6.07) is 11.5. The van der Waals surface area contributed by atoms with Crippen molar-refractivity contribution < 1.29 is 19.1 Å². The van der Waals surface area contributed by atoms with Crippen LogP contribution in [-0.4, -0.2) is 51.3 Å². The van der Waals surface area contributed by atoms with Crippen LogP contribution in [0.15, 0.2) is 36.4 Å². The molecule has 0 spiro atoms. The van der Waals surface area contributed by atoms with E-state index in [1.54, 1.807) is 13.8 Å². The minimum Gasteiger partial charge on any atom is -0.462 e. The molecular weight excluding hydrogens is 404 g/mol. The number of nitrogens with zero attached hydrogens (tertiary/aromatic N) is 2. The van der Waals surface area contributed by atoms with E-state index in [0.717, 1.165) is 37.6 Å². The topological polar surface area (TPSA) is 59.1 Å². The van der Waals surface area contributed by atoms with Gasteiger partial charge in [0.15, 0.2) is 0 Å². The normalized spacial score (nSPS) is 10.6. The molecule has 0 heterocycles. The number of carbonyl (C=O) groups is 2. The summed E-state index contributed by atoms with van der Waals surface area (Å²) >= 11 is 0. The van der Waals surface area contributed by atoms with Gasteiger partial charge >= 0.3 is 11.9 Å². The Morgan fingerprint density at radius 2 is 0.969 bits per heavy atom. The van der Waals surface area contributed by atoms with E-state index in [1.165, 1.54) is 0 Å². The maximum absolute atomic E-state index is 12.9. The third-order valence-electron chi connectivity index (χ3n) is 5.54. The van der Waals surface area contributed by atoms with Crippen molar-refractivity contribution in [2.45, 2.75) is 41.5 Å². The summed E-state index contributed by atoms with van der Waals surface area (Å²) in [4.78, 5) is 30.1. The molecule has 6 heteroatoms. The van der Waals surface area contributed by atoms with Gasteiger partial charge < -0.3 is 19.3 Å². The van der Waals surface area contributed by atoms with Crippen molar-refractivity contribution >= 4 is 23.3 Å². The van der Waals surface area contributed by atoms with E-state index in [9.17, 15) is 9.59 Å². The third-order valence-corrected chi connectivity index (χ3v) is 5.54. The first-order valence-electron chi connectivity index (χ1n) is 11.6.